The van der Waals surface area contributed by atoms with Crippen LogP contribution in [0, 0.1) is 6.92 Å². The van der Waals surface area contributed by atoms with Crippen LogP contribution in [0.2, 0.25) is 0 Å². The Morgan fingerprint density at radius 3 is 2.14 bits per heavy atom. The third-order valence-corrected chi connectivity index (χ3v) is 6.24. The summed E-state index contributed by atoms with van der Waals surface area (Å²) >= 11 is 3.33. The van der Waals surface area contributed by atoms with Crippen LogP contribution in [-0.4, -0.2) is 21.3 Å². The Hall–Kier alpha value is -2.64. The number of nitrogens with one attached hydrogen (secondary N) is 1. The Labute approximate surface area is 172 Å². The molecule has 0 aliphatic rings. The molecule has 0 saturated carbocycles. The van der Waals surface area contributed by atoms with Crippen molar-refractivity contribution >= 4 is 37.4 Å². The van der Waals surface area contributed by atoms with Gasteiger partial charge in [0, 0.05) is 21.3 Å². The molecule has 0 unspecified atom stereocenters. The van der Waals surface area contributed by atoms with Crippen LogP contribution in [0.1, 0.15) is 21.5 Å². The maximum Gasteiger partial charge on any atom is 0.262 e. The number of hydrogen-bond donors (Lipinski definition) is 1. The second-order valence-electron chi connectivity index (χ2n) is 6.15. The fraction of sp³-hybridized carbons (Fsp3) is 0.0952. The fourth-order valence-electron chi connectivity index (χ4n) is 2.67. The summed E-state index contributed by atoms with van der Waals surface area (Å²) < 4.78 is 34.2. The lowest BCUT2D eigenvalue weighted by Crippen LogP contribution is -2.15. The lowest BCUT2D eigenvalue weighted by atomic mass is 10.0. The van der Waals surface area contributed by atoms with E-state index in [4.69, 9.17) is 4.74 Å². The minimum atomic E-state index is -3.86. The fourth-order valence-corrected chi connectivity index (χ4v) is 4.26. The Balaban J connectivity index is 1.93. The number of benzene rings is 3. The van der Waals surface area contributed by atoms with Crippen molar-refractivity contribution in [2.75, 3.05) is 11.8 Å². The number of rotatable bonds is 6. The van der Waals surface area contributed by atoms with Gasteiger partial charge in [-0.25, -0.2) is 8.42 Å². The second kappa shape index (κ2) is 8.16. The highest BCUT2D eigenvalue weighted by Crippen LogP contribution is 2.24. The smallest absolute Gasteiger partial charge is 0.262 e. The third-order valence-electron chi connectivity index (χ3n) is 4.19. The van der Waals surface area contributed by atoms with E-state index in [-0.39, 0.29) is 10.7 Å². The van der Waals surface area contributed by atoms with Gasteiger partial charge in [-0.2, -0.15) is 0 Å². The van der Waals surface area contributed by atoms with Crippen LogP contribution >= 0.6 is 15.9 Å². The Bertz CT molecular complexity index is 1110. The molecule has 5 nitrogen and oxygen atoms in total. The SMILES string of the molecule is COc1ccc(NS(=O)(=O)c2cc(C(=O)c3ccc(Br)cc3)ccc2C)cc1. The average Bonchev–Trinajstić information content (AvgIpc) is 2.68. The number of sulfonamides is 1. The molecule has 0 saturated heterocycles. The summed E-state index contributed by atoms with van der Waals surface area (Å²) in [4.78, 5) is 12.8. The molecular formula is C21H18BrNO4S. The molecule has 0 atom stereocenters. The van der Waals surface area contributed by atoms with E-state index in [0.29, 0.717) is 28.1 Å². The predicted molar refractivity (Wildman–Crippen MR) is 113 cm³/mol. The molecule has 0 spiro atoms. The molecule has 0 aromatic heterocycles. The summed E-state index contributed by atoms with van der Waals surface area (Å²) in [5.74, 6) is 0.384. The number of methoxy groups -OCH3 is 1. The highest BCUT2D eigenvalue weighted by molar-refractivity contribution is 9.10. The molecule has 0 heterocycles. The van der Waals surface area contributed by atoms with Gasteiger partial charge in [-0.1, -0.05) is 28.1 Å². The van der Waals surface area contributed by atoms with Crippen molar-refractivity contribution in [3.05, 3.63) is 87.9 Å². The molecule has 0 radical (unpaired) electrons. The van der Waals surface area contributed by atoms with E-state index >= 15 is 0 Å². The first-order valence-electron chi connectivity index (χ1n) is 8.38. The van der Waals surface area contributed by atoms with Crippen LogP contribution in [0.5, 0.6) is 5.75 Å². The van der Waals surface area contributed by atoms with Gasteiger partial charge in [0.2, 0.25) is 0 Å². The van der Waals surface area contributed by atoms with Crippen molar-refractivity contribution in [1.82, 2.24) is 0 Å². The first-order valence-corrected chi connectivity index (χ1v) is 10.7. The number of carbonyl (C=O) groups excluding carboxylic acids is 1. The van der Waals surface area contributed by atoms with Gasteiger partial charge >= 0.3 is 0 Å². The quantitative estimate of drug-likeness (QED) is 0.537. The zero-order valence-electron chi connectivity index (χ0n) is 15.3. The number of halogens is 1. The summed E-state index contributed by atoms with van der Waals surface area (Å²) in [6.07, 6.45) is 0. The zero-order valence-corrected chi connectivity index (χ0v) is 17.7. The predicted octanol–water partition coefficient (Wildman–Crippen LogP) is 4.80. The van der Waals surface area contributed by atoms with Gasteiger partial charge in [-0.05, 0) is 67.1 Å². The summed E-state index contributed by atoms with van der Waals surface area (Å²) in [5, 5.41) is 0. The molecule has 3 rings (SSSR count). The van der Waals surface area contributed by atoms with E-state index in [1.165, 1.54) is 13.2 Å². The molecule has 0 bridgehead atoms. The average molecular weight is 460 g/mol. The van der Waals surface area contributed by atoms with Gasteiger partial charge < -0.3 is 4.74 Å². The van der Waals surface area contributed by atoms with Crippen LogP contribution in [0.25, 0.3) is 0 Å². The van der Waals surface area contributed by atoms with E-state index < -0.39 is 10.0 Å². The maximum absolute atomic E-state index is 12.9. The number of hydrogen-bond acceptors (Lipinski definition) is 4. The summed E-state index contributed by atoms with van der Waals surface area (Å²) in [5.41, 5.74) is 1.75. The van der Waals surface area contributed by atoms with Crippen LogP contribution in [-0.2, 0) is 10.0 Å². The number of ether oxygens (including phenoxy) is 1. The van der Waals surface area contributed by atoms with Crippen LogP contribution in [0.3, 0.4) is 0 Å². The highest BCUT2D eigenvalue weighted by atomic mass is 79.9. The van der Waals surface area contributed by atoms with E-state index in [0.717, 1.165) is 4.47 Å². The summed E-state index contributed by atoms with van der Waals surface area (Å²) in [7, 11) is -2.32. The molecule has 1 N–H and O–H groups in total. The van der Waals surface area contributed by atoms with E-state index in [1.807, 2.05) is 0 Å². The molecular weight excluding hydrogens is 442 g/mol. The zero-order chi connectivity index (χ0) is 20.3. The van der Waals surface area contributed by atoms with Crippen LogP contribution < -0.4 is 9.46 Å². The maximum atomic E-state index is 12.9. The first kappa shape index (κ1) is 20.1. The molecule has 0 amide bonds. The topological polar surface area (TPSA) is 72.5 Å². The summed E-state index contributed by atoms with van der Waals surface area (Å²) in [6.45, 7) is 1.69. The Morgan fingerprint density at radius 1 is 0.929 bits per heavy atom. The van der Waals surface area contributed by atoms with Crippen molar-refractivity contribution in [3.8, 4) is 5.75 Å². The minimum Gasteiger partial charge on any atom is -0.497 e. The Morgan fingerprint density at radius 2 is 1.54 bits per heavy atom. The molecule has 3 aromatic carbocycles. The molecule has 3 aromatic rings. The molecule has 28 heavy (non-hydrogen) atoms. The lowest BCUT2D eigenvalue weighted by molar-refractivity contribution is 0.103. The van der Waals surface area contributed by atoms with Crippen molar-refractivity contribution in [2.24, 2.45) is 0 Å². The number of anilines is 1. The van der Waals surface area contributed by atoms with Crippen LogP contribution in [0.15, 0.2) is 76.1 Å². The largest absolute Gasteiger partial charge is 0.497 e. The van der Waals surface area contributed by atoms with E-state index in [2.05, 4.69) is 20.7 Å². The van der Waals surface area contributed by atoms with E-state index in [1.54, 1.807) is 67.6 Å². The lowest BCUT2D eigenvalue weighted by Gasteiger charge is -2.12. The Kier molecular flexibility index (Phi) is 5.86. The molecule has 144 valence electrons. The minimum absolute atomic E-state index is 0.0614. The van der Waals surface area contributed by atoms with Crippen molar-refractivity contribution in [1.29, 1.82) is 0 Å². The van der Waals surface area contributed by atoms with Crippen molar-refractivity contribution in [2.45, 2.75) is 11.8 Å². The standard InChI is InChI=1S/C21H18BrNO4S/c1-14-3-4-16(21(24)15-5-7-17(22)8-6-15)13-20(14)28(25,26)23-18-9-11-19(27-2)12-10-18/h3-13,23H,1-2H3. The van der Waals surface area contributed by atoms with Gasteiger partial charge in [-0.3, -0.25) is 9.52 Å². The van der Waals surface area contributed by atoms with E-state index in [9.17, 15) is 13.2 Å². The van der Waals surface area contributed by atoms with Crippen LogP contribution in [0.4, 0.5) is 5.69 Å². The second-order valence-corrected chi connectivity index (χ2v) is 8.72. The highest BCUT2D eigenvalue weighted by Gasteiger charge is 2.20. The number of carbonyl (C=O) groups is 1. The number of aryl methyl sites for hydroxylation is 1. The third kappa shape index (κ3) is 4.43. The summed E-state index contributed by atoms with van der Waals surface area (Å²) in [6, 6.07) is 18.1. The molecule has 0 fully saturated rings. The van der Waals surface area contributed by atoms with Gasteiger partial charge in [-0.15, -0.1) is 0 Å². The van der Waals surface area contributed by atoms with Gasteiger partial charge in [0.05, 0.1) is 12.0 Å². The van der Waals surface area contributed by atoms with Crippen molar-refractivity contribution < 1.29 is 17.9 Å². The number of ketones is 1. The van der Waals surface area contributed by atoms with Gasteiger partial charge in [0.1, 0.15) is 5.75 Å². The molecule has 0 aliphatic heterocycles. The normalized spacial score (nSPS) is 11.1. The van der Waals surface area contributed by atoms with Gasteiger partial charge in [0.15, 0.2) is 5.78 Å². The van der Waals surface area contributed by atoms with Crippen molar-refractivity contribution in [3.63, 3.8) is 0 Å². The monoisotopic (exact) mass is 459 g/mol. The molecule has 0 aliphatic carbocycles. The van der Waals surface area contributed by atoms with Gasteiger partial charge in [0.25, 0.3) is 10.0 Å². The first-order chi connectivity index (χ1) is 13.3. The molecule has 7 heteroatoms.